The molecule has 2 aromatic rings. The zero-order chi connectivity index (χ0) is 22.1. The van der Waals surface area contributed by atoms with E-state index in [-0.39, 0.29) is 23.8 Å². The van der Waals surface area contributed by atoms with Crippen LogP contribution in [0.15, 0.2) is 42.5 Å². The Morgan fingerprint density at radius 1 is 1.06 bits per heavy atom. The van der Waals surface area contributed by atoms with Gasteiger partial charge in [-0.25, -0.2) is 0 Å². The molecule has 1 atom stereocenters. The summed E-state index contributed by atoms with van der Waals surface area (Å²) in [6, 6.07) is 15.1. The Kier molecular flexibility index (Phi) is 6.01. The minimum atomic E-state index is -0.249. The normalized spacial score (nSPS) is 21.7. The second kappa shape index (κ2) is 9.07. The summed E-state index contributed by atoms with van der Waals surface area (Å²) >= 11 is 0. The molecule has 2 saturated heterocycles. The number of anilines is 1. The highest BCUT2D eigenvalue weighted by atomic mass is 16.2. The summed E-state index contributed by atoms with van der Waals surface area (Å²) in [7, 11) is 0. The lowest BCUT2D eigenvalue weighted by atomic mass is 10.0. The molecule has 0 aromatic heterocycles. The van der Waals surface area contributed by atoms with Gasteiger partial charge in [-0.05, 0) is 73.4 Å². The van der Waals surface area contributed by atoms with Crippen LogP contribution in [0.2, 0.25) is 0 Å². The maximum Gasteiger partial charge on any atom is 0.227 e. The number of likely N-dealkylation sites (tertiary alicyclic amines) is 1. The average Bonchev–Trinajstić information content (AvgIpc) is 3.42. The molecule has 1 unspecified atom stereocenters. The van der Waals surface area contributed by atoms with E-state index >= 15 is 0 Å². The maximum atomic E-state index is 12.9. The zero-order valence-electron chi connectivity index (χ0n) is 19.0. The lowest BCUT2D eigenvalue weighted by Crippen LogP contribution is -2.46. The second-order valence-corrected chi connectivity index (χ2v) is 9.70. The van der Waals surface area contributed by atoms with Crippen LogP contribution in [-0.2, 0) is 29.0 Å². The van der Waals surface area contributed by atoms with Gasteiger partial charge >= 0.3 is 0 Å². The number of nitrogens with zero attached hydrogens (tertiary/aromatic N) is 2. The maximum absolute atomic E-state index is 12.9. The van der Waals surface area contributed by atoms with Gasteiger partial charge in [0.15, 0.2) is 0 Å². The van der Waals surface area contributed by atoms with Crippen molar-refractivity contribution >= 4 is 17.5 Å². The lowest BCUT2D eigenvalue weighted by molar-refractivity contribution is -0.127. The topological polar surface area (TPSA) is 52.7 Å². The highest BCUT2D eigenvalue weighted by Gasteiger charge is 2.36. The largest absolute Gasteiger partial charge is 0.353 e. The van der Waals surface area contributed by atoms with Crippen LogP contribution in [0.1, 0.15) is 47.9 Å². The molecular weight excluding hydrogens is 398 g/mol. The van der Waals surface area contributed by atoms with Crippen LogP contribution >= 0.6 is 0 Å². The zero-order valence-corrected chi connectivity index (χ0v) is 19.0. The molecule has 2 aromatic carbocycles. The Labute approximate surface area is 190 Å². The van der Waals surface area contributed by atoms with E-state index in [1.54, 1.807) is 0 Å². The van der Waals surface area contributed by atoms with E-state index < -0.39 is 0 Å². The van der Waals surface area contributed by atoms with Crippen LogP contribution < -0.4 is 10.2 Å². The number of nitrogens with one attached hydrogen (secondary N) is 1. The molecule has 1 N–H and O–H groups in total. The van der Waals surface area contributed by atoms with E-state index in [0.717, 1.165) is 51.0 Å². The number of carbonyl (C=O) groups is 2. The Balaban J connectivity index is 1.13. The first-order valence-electron chi connectivity index (χ1n) is 12.1. The molecule has 3 aliphatic rings. The first-order valence-corrected chi connectivity index (χ1v) is 12.1. The monoisotopic (exact) mass is 431 g/mol. The highest BCUT2D eigenvalue weighted by molar-refractivity contribution is 6.00. The number of hydrogen-bond donors (Lipinski definition) is 1. The number of rotatable bonds is 5. The fraction of sp³-hybridized carbons (Fsp3) is 0.481. The minimum absolute atomic E-state index is 0.0411. The van der Waals surface area contributed by atoms with Crippen molar-refractivity contribution in [3.05, 3.63) is 64.7 Å². The van der Waals surface area contributed by atoms with Crippen LogP contribution in [0.3, 0.4) is 0 Å². The lowest BCUT2D eigenvalue weighted by Gasteiger charge is -2.33. The van der Waals surface area contributed by atoms with E-state index in [1.165, 1.54) is 28.7 Å². The van der Waals surface area contributed by atoms with Gasteiger partial charge in [-0.3, -0.25) is 14.5 Å². The van der Waals surface area contributed by atoms with Crippen LogP contribution in [0.5, 0.6) is 0 Å². The number of piperidine rings is 1. The van der Waals surface area contributed by atoms with Gasteiger partial charge in [0.2, 0.25) is 11.8 Å². The third-order valence-electron chi connectivity index (χ3n) is 7.48. The van der Waals surface area contributed by atoms with Gasteiger partial charge in [-0.2, -0.15) is 0 Å². The van der Waals surface area contributed by atoms with Gasteiger partial charge in [-0.15, -0.1) is 0 Å². The Morgan fingerprint density at radius 3 is 2.66 bits per heavy atom. The van der Waals surface area contributed by atoms with Crippen LogP contribution in [0.4, 0.5) is 5.69 Å². The number of benzene rings is 2. The molecule has 2 fully saturated rings. The van der Waals surface area contributed by atoms with Crippen molar-refractivity contribution in [1.82, 2.24) is 10.2 Å². The summed E-state index contributed by atoms with van der Waals surface area (Å²) in [6.45, 7) is 5.61. The Hall–Kier alpha value is -2.66. The fourth-order valence-electron chi connectivity index (χ4n) is 5.44. The first-order chi connectivity index (χ1) is 15.6. The molecule has 5 nitrogen and oxygen atoms in total. The third-order valence-corrected chi connectivity index (χ3v) is 7.48. The smallest absolute Gasteiger partial charge is 0.227 e. The first kappa shape index (κ1) is 21.2. The molecule has 32 heavy (non-hydrogen) atoms. The van der Waals surface area contributed by atoms with Crippen molar-refractivity contribution in [2.45, 2.75) is 58.0 Å². The number of fused-ring (bicyclic) bond motifs is 1. The molecular formula is C27H33N3O2. The van der Waals surface area contributed by atoms with Crippen LogP contribution in [0.25, 0.3) is 0 Å². The molecule has 0 saturated carbocycles. The minimum Gasteiger partial charge on any atom is -0.353 e. The summed E-state index contributed by atoms with van der Waals surface area (Å²) in [5.41, 5.74) is 6.44. The standard InChI is InChI=1S/C27H33N3O2/c1-19-5-2-3-6-22(19)17-29-13-11-24(12-14-29)28-27(32)23-16-26(31)30(18-23)25-10-9-20-7-4-8-21(20)15-25/h2-3,5-6,9-10,15,23-24H,4,7-8,11-14,16-18H2,1H3,(H,28,32). The number of carbonyl (C=O) groups excluding carboxylic acids is 2. The van der Waals surface area contributed by atoms with E-state index in [2.05, 4.69) is 53.5 Å². The number of hydrogen-bond acceptors (Lipinski definition) is 3. The molecule has 2 aliphatic heterocycles. The van der Waals surface area contributed by atoms with Crippen molar-refractivity contribution in [1.29, 1.82) is 0 Å². The summed E-state index contributed by atoms with van der Waals surface area (Å²) in [6.07, 6.45) is 5.67. The molecule has 2 heterocycles. The molecule has 0 spiro atoms. The summed E-state index contributed by atoms with van der Waals surface area (Å²) in [5, 5.41) is 3.25. The molecule has 168 valence electrons. The van der Waals surface area contributed by atoms with Crippen LogP contribution in [0, 0.1) is 12.8 Å². The number of amides is 2. The van der Waals surface area contributed by atoms with Crippen molar-refractivity contribution in [3.8, 4) is 0 Å². The van der Waals surface area contributed by atoms with Crippen molar-refractivity contribution < 1.29 is 9.59 Å². The Morgan fingerprint density at radius 2 is 1.84 bits per heavy atom. The van der Waals surface area contributed by atoms with E-state index in [0.29, 0.717) is 13.0 Å². The predicted molar refractivity (Wildman–Crippen MR) is 127 cm³/mol. The van der Waals surface area contributed by atoms with Crippen molar-refractivity contribution in [3.63, 3.8) is 0 Å². The predicted octanol–water partition coefficient (Wildman–Crippen LogP) is 3.62. The van der Waals surface area contributed by atoms with E-state index in [1.807, 2.05) is 11.0 Å². The highest BCUT2D eigenvalue weighted by Crippen LogP contribution is 2.30. The summed E-state index contributed by atoms with van der Waals surface area (Å²) in [4.78, 5) is 29.9. The van der Waals surface area contributed by atoms with Gasteiger partial charge in [-0.1, -0.05) is 30.3 Å². The molecule has 5 rings (SSSR count). The van der Waals surface area contributed by atoms with Gasteiger partial charge in [0.05, 0.1) is 5.92 Å². The van der Waals surface area contributed by atoms with Gasteiger partial charge in [0, 0.05) is 44.3 Å². The summed E-state index contributed by atoms with van der Waals surface area (Å²) < 4.78 is 0. The molecule has 0 radical (unpaired) electrons. The Bertz CT molecular complexity index is 1010. The third kappa shape index (κ3) is 4.44. The quantitative estimate of drug-likeness (QED) is 0.787. The average molecular weight is 432 g/mol. The molecule has 2 amide bonds. The molecule has 1 aliphatic carbocycles. The van der Waals surface area contributed by atoms with Crippen molar-refractivity contribution in [2.75, 3.05) is 24.5 Å². The molecule has 0 bridgehead atoms. The summed E-state index contributed by atoms with van der Waals surface area (Å²) in [5.74, 6) is -0.142. The molecule has 5 heteroatoms. The SMILES string of the molecule is Cc1ccccc1CN1CCC(NC(=O)C2CC(=O)N(c3ccc4c(c3)CCC4)C2)CC1. The van der Waals surface area contributed by atoms with Crippen molar-refractivity contribution in [2.24, 2.45) is 5.92 Å². The van der Waals surface area contributed by atoms with Crippen LogP contribution in [-0.4, -0.2) is 42.4 Å². The second-order valence-electron chi connectivity index (χ2n) is 9.70. The fourth-order valence-corrected chi connectivity index (χ4v) is 5.44. The van der Waals surface area contributed by atoms with E-state index in [9.17, 15) is 9.59 Å². The van der Waals surface area contributed by atoms with E-state index in [4.69, 9.17) is 0 Å². The number of aryl methyl sites for hydroxylation is 3. The van der Waals surface area contributed by atoms with Gasteiger partial charge in [0.1, 0.15) is 0 Å². The van der Waals surface area contributed by atoms with Gasteiger partial charge < -0.3 is 10.2 Å². The van der Waals surface area contributed by atoms with Gasteiger partial charge in [0.25, 0.3) is 0 Å².